The van der Waals surface area contributed by atoms with E-state index in [0.717, 1.165) is 16.8 Å². The molecule has 0 aliphatic heterocycles. The van der Waals surface area contributed by atoms with E-state index >= 15 is 0 Å². The van der Waals surface area contributed by atoms with E-state index < -0.39 is 0 Å². The molecule has 140 valence electrons. The molecule has 5 rings (SSSR count). The van der Waals surface area contributed by atoms with E-state index in [1.807, 2.05) is 30.3 Å². The molecule has 0 bridgehead atoms. The van der Waals surface area contributed by atoms with Crippen molar-refractivity contribution in [3.05, 3.63) is 47.9 Å². The number of rotatable bonds is 5. The van der Waals surface area contributed by atoms with Gasteiger partial charge >= 0.3 is 0 Å². The number of amides is 1. The van der Waals surface area contributed by atoms with Gasteiger partial charge in [0.05, 0.1) is 12.7 Å². The minimum atomic E-state index is -0.109. The molecule has 28 heavy (non-hydrogen) atoms. The van der Waals surface area contributed by atoms with Gasteiger partial charge in [0.2, 0.25) is 11.9 Å². The maximum atomic E-state index is 12.3. The van der Waals surface area contributed by atoms with Gasteiger partial charge < -0.3 is 16.0 Å². The summed E-state index contributed by atoms with van der Waals surface area (Å²) in [4.78, 5) is 27.9. The van der Waals surface area contributed by atoms with E-state index in [2.05, 4.69) is 35.5 Å². The van der Waals surface area contributed by atoms with Crippen LogP contribution in [-0.4, -0.2) is 36.0 Å². The maximum absolute atomic E-state index is 12.3. The number of nitrogens with two attached hydrogens (primary N) is 1. The zero-order chi connectivity index (χ0) is 19.1. The summed E-state index contributed by atoms with van der Waals surface area (Å²) in [5.74, 6) is 1.21. The number of benzene rings is 1. The Hall–Kier alpha value is -3.75. The van der Waals surface area contributed by atoms with Crippen molar-refractivity contribution >= 4 is 28.8 Å². The molecule has 0 radical (unpaired) electrons. The first-order valence-corrected chi connectivity index (χ1v) is 9.07. The van der Waals surface area contributed by atoms with E-state index in [-0.39, 0.29) is 18.3 Å². The van der Waals surface area contributed by atoms with Crippen LogP contribution in [0.3, 0.4) is 0 Å². The number of nitrogen functional groups attached to an aromatic ring is 1. The zero-order valence-corrected chi connectivity index (χ0v) is 14.9. The molecule has 1 aromatic carbocycles. The molecular formula is C19H18N8O. The van der Waals surface area contributed by atoms with Crippen LogP contribution in [0.25, 0.3) is 22.4 Å². The molecule has 5 N–H and O–H groups in total. The number of imidazole rings is 1. The normalized spacial score (nSPS) is 13.7. The minimum absolute atomic E-state index is 0.109. The topological polar surface area (TPSA) is 138 Å². The molecule has 1 amide bonds. The molecule has 0 unspecified atom stereocenters. The van der Waals surface area contributed by atoms with Crippen molar-refractivity contribution in [3.8, 4) is 11.3 Å². The van der Waals surface area contributed by atoms with Crippen molar-refractivity contribution in [2.24, 2.45) is 0 Å². The van der Waals surface area contributed by atoms with E-state index in [1.165, 1.54) is 12.8 Å². The summed E-state index contributed by atoms with van der Waals surface area (Å²) in [6, 6.07) is 9.50. The van der Waals surface area contributed by atoms with E-state index in [4.69, 9.17) is 5.73 Å². The highest BCUT2D eigenvalue weighted by Gasteiger charge is 2.25. The second-order valence-electron chi connectivity index (χ2n) is 6.93. The number of aromatic nitrogens is 6. The number of aromatic amines is 2. The molecule has 9 heteroatoms. The van der Waals surface area contributed by atoms with Crippen LogP contribution in [0.5, 0.6) is 0 Å². The fourth-order valence-electron chi connectivity index (χ4n) is 3.21. The fraction of sp³-hybridized carbons (Fsp3) is 0.211. The SMILES string of the molecule is Nc1nc(-c2ccc(CC(=O)Nc3cc(C4CC4)[nH]n3)cc2)c2nc[nH]c2n1. The highest BCUT2D eigenvalue weighted by molar-refractivity contribution is 5.92. The van der Waals surface area contributed by atoms with Crippen molar-refractivity contribution in [2.45, 2.75) is 25.2 Å². The van der Waals surface area contributed by atoms with Gasteiger partial charge in [0, 0.05) is 23.2 Å². The molecule has 1 aliphatic carbocycles. The molecule has 0 saturated heterocycles. The van der Waals surface area contributed by atoms with Gasteiger partial charge in [-0.25, -0.2) is 9.97 Å². The third-order valence-electron chi connectivity index (χ3n) is 4.77. The third kappa shape index (κ3) is 3.18. The number of anilines is 2. The summed E-state index contributed by atoms with van der Waals surface area (Å²) in [5.41, 5.74) is 10.5. The molecule has 3 heterocycles. The second-order valence-corrected chi connectivity index (χ2v) is 6.93. The number of nitrogens with one attached hydrogen (secondary N) is 3. The van der Waals surface area contributed by atoms with E-state index in [0.29, 0.717) is 28.6 Å². The predicted molar refractivity (Wildman–Crippen MR) is 104 cm³/mol. The standard InChI is InChI=1S/C19H18N8O/c20-19-24-16(17-18(25-19)22-9-21-17)12-3-1-10(2-4-12)7-15(28)23-14-8-13(26-27-14)11-5-6-11/h1-4,8-9,11H,5-7H2,(H2,23,26,27,28)(H3,20,21,22,24,25). The minimum Gasteiger partial charge on any atom is -0.368 e. The van der Waals surface area contributed by atoms with Gasteiger partial charge in [0.15, 0.2) is 11.5 Å². The Bertz CT molecular complexity index is 1160. The predicted octanol–water partition coefficient (Wildman–Crippen LogP) is 2.38. The average Bonchev–Trinajstić information content (AvgIpc) is 3.24. The van der Waals surface area contributed by atoms with Crippen LogP contribution in [0.15, 0.2) is 36.7 Å². The average molecular weight is 374 g/mol. The van der Waals surface area contributed by atoms with Crippen LogP contribution in [0, 0.1) is 0 Å². The first-order valence-electron chi connectivity index (χ1n) is 9.07. The van der Waals surface area contributed by atoms with Crippen LogP contribution in [-0.2, 0) is 11.2 Å². The van der Waals surface area contributed by atoms with E-state index in [9.17, 15) is 4.79 Å². The molecule has 0 spiro atoms. The first-order chi connectivity index (χ1) is 13.7. The first kappa shape index (κ1) is 16.4. The Labute approximate surface area is 159 Å². The molecule has 4 aromatic rings. The van der Waals surface area contributed by atoms with Gasteiger partial charge in [-0.2, -0.15) is 10.1 Å². The van der Waals surface area contributed by atoms with Crippen LogP contribution >= 0.6 is 0 Å². The van der Waals surface area contributed by atoms with E-state index in [1.54, 1.807) is 6.33 Å². The van der Waals surface area contributed by atoms with Gasteiger partial charge in [-0.1, -0.05) is 24.3 Å². The summed E-state index contributed by atoms with van der Waals surface area (Å²) in [7, 11) is 0. The molecule has 1 fully saturated rings. The lowest BCUT2D eigenvalue weighted by atomic mass is 10.1. The zero-order valence-electron chi connectivity index (χ0n) is 14.9. The van der Waals surface area contributed by atoms with Crippen molar-refractivity contribution in [1.82, 2.24) is 30.1 Å². The monoisotopic (exact) mass is 374 g/mol. The van der Waals surface area contributed by atoms with Crippen molar-refractivity contribution < 1.29 is 4.79 Å². The van der Waals surface area contributed by atoms with Crippen LogP contribution < -0.4 is 11.1 Å². The lowest BCUT2D eigenvalue weighted by Crippen LogP contribution is -2.14. The Morgan fingerprint density at radius 1 is 1.21 bits per heavy atom. The maximum Gasteiger partial charge on any atom is 0.229 e. The van der Waals surface area contributed by atoms with Crippen molar-refractivity contribution in [2.75, 3.05) is 11.1 Å². The number of fused-ring (bicyclic) bond motifs is 1. The number of hydrogen-bond acceptors (Lipinski definition) is 6. The lowest BCUT2D eigenvalue weighted by Gasteiger charge is -2.06. The molecule has 9 nitrogen and oxygen atoms in total. The van der Waals surface area contributed by atoms with Gasteiger partial charge in [0.25, 0.3) is 0 Å². The van der Waals surface area contributed by atoms with Crippen LogP contribution in [0.1, 0.15) is 30.0 Å². The Morgan fingerprint density at radius 2 is 2.04 bits per heavy atom. The number of hydrogen-bond donors (Lipinski definition) is 4. The van der Waals surface area contributed by atoms with Gasteiger partial charge in [-0.15, -0.1) is 0 Å². The molecular weight excluding hydrogens is 356 g/mol. The lowest BCUT2D eigenvalue weighted by molar-refractivity contribution is -0.115. The summed E-state index contributed by atoms with van der Waals surface area (Å²) in [6.45, 7) is 0. The largest absolute Gasteiger partial charge is 0.368 e. The number of carbonyl (C=O) groups is 1. The third-order valence-corrected chi connectivity index (χ3v) is 4.77. The highest BCUT2D eigenvalue weighted by Crippen LogP contribution is 2.39. The molecule has 1 saturated carbocycles. The summed E-state index contributed by atoms with van der Waals surface area (Å²) >= 11 is 0. The van der Waals surface area contributed by atoms with Gasteiger partial charge in [0.1, 0.15) is 11.2 Å². The smallest absolute Gasteiger partial charge is 0.229 e. The molecule has 1 aliphatic rings. The van der Waals surface area contributed by atoms with Gasteiger partial charge in [-0.05, 0) is 18.4 Å². The fourth-order valence-corrected chi connectivity index (χ4v) is 3.21. The highest BCUT2D eigenvalue weighted by atomic mass is 16.1. The van der Waals surface area contributed by atoms with Crippen LogP contribution in [0.2, 0.25) is 0 Å². The number of nitrogens with zero attached hydrogens (tertiary/aromatic N) is 4. The summed E-state index contributed by atoms with van der Waals surface area (Å²) < 4.78 is 0. The number of carbonyl (C=O) groups excluding carboxylic acids is 1. The molecule has 3 aromatic heterocycles. The Kier molecular flexibility index (Phi) is 3.78. The quantitative estimate of drug-likeness (QED) is 0.423. The molecule has 0 atom stereocenters. The van der Waals surface area contributed by atoms with Crippen molar-refractivity contribution in [3.63, 3.8) is 0 Å². The summed E-state index contributed by atoms with van der Waals surface area (Å²) in [5, 5.41) is 9.97. The second kappa shape index (κ2) is 6.45. The van der Waals surface area contributed by atoms with Crippen molar-refractivity contribution in [1.29, 1.82) is 0 Å². The van der Waals surface area contributed by atoms with Crippen LogP contribution in [0.4, 0.5) is 11.8 Å². The van der Waals surface area contributed by atoms with Gasteiger partial charge in [-0.3, -0.25) is 9.89 Å². The Balaban J connectivity index is 1.30. The Morgan fingerprint density at radius 3 is 2.82 bits per heavy atom. The summed E-state index contributed by atoms with van der Waals surface area (Å²) in [6.07, 6.45) is 4.19. The number of H-pyrrole nitrogens is 2.